The quantitative estimate of drug-likeness (QED) is 0.850. The summed E-state index contributed by atoms with van der Waals surface area (Å²) in [5.74, 6) is 0.418. The molecule has 2 amide bonds. The lowest BCUT2D eigenvalue weighted by molar-refractivity contribution is -0.123. The van der Waals surface area contributed by atoms with Crippen LogP contribution in [0, 0.1) is 0 Å². The van der Waals surface area contributed by atoms with E-state index in [2.05, 4.69) is 10.6 Å². The molecular formula is C13H15ClN2O3. The first-order valence-corrected chi connectivity index (χ1v) is 6.46. The van der Waals surface area contributed by atoms with Crippen LogP contribution in [0.1, 0.15) is 12.8 Å². The molecule has 1 aliphatic rings. The number of nitrogens with one attached hydrogen (secondary N) is 2. The Morgan fingerprint density at radius 1 is 1.42 bits per heavy atom. The third-order valence-corrected chi connectivity index (χ3v) is 3.07. The van der Waals surface area contributed by atoms with Gasteiger partial charge in [0.05, 0.1) is 0 Å². The first-order chi connectivity index (χ1) is 9.13. The number of rotatable bonds is 5. The highest BCUT2D eigenvalue weighted by molar-refractivity contribution is 6.30. The van der Waals surface area contributed by atoms with Gasteiger partial charge in [-0.25, -0.2) is 0 Å². The Kier molecular flexibility index (Phi) is 4.63. The Morgan fingerprint density at radius 2 is 2.16 bits per heavy atom. The zero-order valence-electron chi connectivity index (χ0n) is 10.3. The summed E-state index contributed by atoms with van der Waals surface area (Å²) in [7, 11) is 0. The number of hydrogen-bond acceptors (Lipinski definition) is 3. The average molecular weight is 283 g/mol. The molecule has 0 bridgehead atoms. The maximum Gasteiger partial charge on any atom is 0.258 e. The maximum atomic E-state index is 11.5. The molecule has 1 aromatic rings. The lowest BCUT2D eigenvalue weighted by Crippen LogP contribution is -2.40. The molecule has 1 saturated heterocycles. The third-order valence-electron chi connectivity index (χ3n) is 2.81. The molecule has 0 aliphatic carbocycles. The van der Waals surface area contributed by atoms with E-state index in [0.717, 1.165) is 6.42 Å². The molecule has 19 heavy (non-hydrogen) atoms. The van der Waals surface area contributed by atoms with Crippen molar-refractivity contribution >= 4 is 23.4 Å². The van der Waals surface area contributed by atoms with Gasteiger partial charge in [0.15, 0.2) is 6.61 Å². The molecule has 2 rings (SSSR count). The first-order valence-electron chi connectivity index (χ1n) is 6.08. The molecule has 0 aromatic heterocycles. The van der Waals surface area contributed by atoms with Crippen LogP contribution in [-0.4, -0.2) is 31.0 Å². The summed E-state index contributed by atoms with van der Waals surface area (Å²) in [4.78, 5) is 22.5. The molecule has 0 radical (unpaired) electrons. The minimum atomic E-state index is -0.212. The van der Waals surface area contributed by atoms with Crippen LogP contribution in [0.5, 0.6) is 5.75 Å². The number of benzene rings is 1. The fourth-order valence-electron chi connectivity index (χ4n) is 1.80. The minimum Gasteiger partial charge on any atom is -0.484 e. The van der Waals surface area contributed by atoms with Crippen molar-refractivity contribution in [3.63, 3.8) is 0 Å². The molecule has 1 atom stereocenters. The molecule has 1 aromatic carbocycles. The van der Waals surface area contributed by atoms with Gasteiger partial charge in [0.25, 0.3) is 5.91 Å². The average Bonchev–Trinajstić information content (AvgIpc) is 2.81. The highest BCUT2D eigenvalue weighted by atomic mass is 35.5. The van der Waals surface area contributed by atoms with Crippen LogP contribution < -0.4 is 15.4 Å². The normalized spacial score (nSPS) is 17.9. The summed E-state index contributed by atoms with van der Waals surface area (Å²) in [6.07, 6.45) is 1.29. The molecule has 1 heterocycles. The number of ether oxygens (including phenoxy) is 1. The lowest BCUT2D eigenvalue weighted by Gasteiger charge is -2.11. The molecule has 1 fully saturated rings. The summed E-state index contributed by atoms with van der Waals surface area (Å²) in [5.41, 5.74) is 0. The van der Waals surface area contributed by atoms with E-state index in [1.807, 2.05) is 0 Å². The molecular weight excluding hydrogens is 268 g/mol. The van der Waals surface area contributed by atoms with Gasteiger partial charge < -0.3 is 15.4 Å². The second-order valence-corrected chi connectivity index (χ2v) is 4.79. The van der Waals surface area contributed by atoms with Crippen molar-refractivity contribution in [2.45, 2.75) is 18.9 Å². The molecule has 5 nitrogen and oxygen atoms in total. The Bertz CT molecular complexity index is 461. The minimum absolute atomic E-state index is 0.0342. The zero-order valence-corrected chi connectivity index (χ0v) is 11.1. The zero-order chi connectivity index (χ0) is 13.7. The first kappa shape index (κ1) is 13.7. The van der Waals surface area contributed by atoms with Gasteiger partial charge >= 0.3 is 0 Å². The molecule has 6 heteroatoms. The summed E-state index contributed by atoms with van der Waals surface area (Å²) in [6, 6.07) is 6.83. The predicted molar refractivity (Wildman–Crippen MR) is 71.1 cm³/mol. The van der Waals surface area contributed by atoms with Crippen molar-refractivity contribution in [2.24, 2.45) is 0 Å². The number of halogens is 1. The van der Waals surface area contributed by atoms with Crippen LogP contribution in [0.15, 0.2) is 24.3 Å². The van der Waals surface area contributed by atoms with E-state index in [0.29, 0.717) is 23.7 Å². The number of carbonyl (C=O) groups excluding carboxylic acids is 2. The van der Waals surface area contributed by atoms with E-state index in [1.54, 1.807) is 24.3 Å². The third kappa shape index (κ3) is 4.44. The van der Waals surface area contributed by atoms with Gasteiger partial charge in [-0.2, -0.15) is 0 Å². The van der Waals surface area contributed by atoms with Gasteiger partial charge in [-0.05, 0) is 30.7 Å². The summed E-state index contributed by atoms with van der Waals surface area (Å²) in [6.45, 7) is 0.386. The number of amides is 2. The topological polar surface area (TPSA) is 67.4 Å². The molecule has 0 spiro atoms. The Balaban J connectivity index is 1.67. The van der Waals surface area contributed by atoms with Crippen molar-refractivity contribution in [3.8, 4) is 5.75 Å². The maximum absolute atomic E-state index is 11.5. The van der Waals surface area contributed by atoms with Crippen molar-refractivity contribution < 1.29 is 14.3 Å². The van der Waals surface area contributed by atoms with Gasteiger partial charge in [0.1, 0.15) is 5.75 Å². The largest absolute Gasteiger partial charge is 0.484 e. The van der Waals surface area contributed by atoms with E-state index >= 15 is 0 Å². The van der Waals surface area contributed by atoms with Crippen LogP contribution >= 0.6 is 11.6 Å². The van der Waals surface area contributed by atoms with Gasteiger partial charge in [-0.15, -0.1) is 0 Å². The fraction of sp³-hybridized carbons (Fsp3) is 0.385. The number of carbonyl (C=O) groups is 2. The van der Waals surface area contributed by atoms with E-state index in [1.165, 1.54) is 0 Å². The fourth-order valence-corrected chi connectivity index (χ4v) is 1.92. The van der Waals surface area contributed by atoms with E-state index in [9.17, 15) is 9.59 Å². The smallest absolute Gasteiger partial charge is 0.258 e. The number of hydrogen-bond donors (Lipinski definition) is 2. The van der Waals surface area contributed by atoms with Crippen LogP contribution in [0.4, 0.5) is 0 Å². The second kappa shape index (κ2) is 6.43. The molecule has 102 valence electrons. The predicted octanol–water partition coefficient (Wildman–Crippen LogP) is 1.11. The summed E-state index contributed by atoms with van der Waals surface area (Å²) in [5, 5.41) is 6.12. The van der Waals surface area contributed by atoms with Crippen molar-refractivity contribution in [1.82, 2.24) is 10.6 Å². The monoisotopic (exact) mass is 282 g/mol. The molecule has 2 N–H and O–H groups in total. The Hall–Kier alpha value is -1.75. The van der Waals surface area contributed by atoms with Crippen LogP contribution in [0.3, 0.4) is 0 Å². The van der Waals surface area contributed by atoms with Crippen molar-refractivity contribution in [2.75, 3.05) is 13.2 Å². The highest BCUT2D eigenvalue weighted by Gasteiger charge is 2.20. The Labute approximate surface area is 116 Å². The second-order valence-electron chi connectivity index (χ2n) is 4.35. The lowest BCUT2D eigenvalue weighted by atomic mass is 10.2. The Morgan fingerprint density at radius 3 is 2.79 bits per heavy atom. The summed E-state index contributed by atoms with van der Waals surface area (Å²) >= 11 is 5.74. The molecule has 1 unspecified atom stereocenters. The van der Waals surface area contributed by atoms with Crippen molar-refractivity contribution in [3.05, 3.63) is 29.3 Å². The van der Waals surface area contributed by atoms with Crippen LogP contribution in [0.25, 0.3) is 0 Å². The standard InChI is InChI=1S/C13H15ClN2O3/c14-9-1-4-11(5-2-9)19-8-13(18)15-7-10-3-6-12(17)16-10/h1-2,4-5,10H,3,6-8H2,(H,15,18)(H,16,17). The molecule has 1 aliphatic heterocycles. The summed E-state index contributed by atoms with van der Waals surface area (Å²) < 4.78 is 5.30. The van der Waals surface area contributed by atoms with E-state index < -0.39 is 0 Å². The highest BCUT2D eigenvalue weighted by Crippen LogP contribution is 2.15. The van der Waals surface area contributed by atoms with Crippen LogP contribution in [0.2, 0.25) is 5.02 Å². The van der Waals surface area contributed by atoms with Crippen molar-refractivity contribution in [1.29, 1.82) is 0 Å². The van der Waals surface area contributed by atoms with Crippen LogP contribution in [-0.2, 0) is 9.59 Å². The molecule has 0 saturated carbocycles. The van der Waals surface area contributed by atoms with E-state index in [4.69, 9.17) is 16.3 Å². The SMILES string of the molecule is O=C(COc1ccc(Cl)cc1)NCC1CCC(=O)N1. The van der Waals surface area contributed by atoms with Gasteiger partial charge in [0.2, 0.25) is 5.91 Å². The van der Waals surface area contributed by atoms with Gasteiger partial charge in [-0.1, -0.05) is 11.6 Å². The van der Waals surface area contributed by atoms with E-state index in [-0.39, 0.29) is 24.5 Å². The van der Waals surface area contributed by atoms with Gasteiger partial charge in [0, 0.05) is 24.0 Å². The van der Waals surface area contributed by atoms with Gasteiger partial charge in [-0.3, -0.25) is 9.59 Å².